The molecule has 6 heteroatoms. The minimum absolute atomic E-state index is 0.0838. The molecule has 2 aromatic rings. The van der Waals surface area contributed by atoms with E-state index in [0.29, 0.717) is 22.4 Å². The second-order valence-electron chi connectivity index (χ2n) is 7.21. The van der Waals surface area contributed by atoms with Crippen molar-refractivity contribution in [2.24, 2.45) is 0 Å². The molecular formula is C20H23FN2O2S. The van der Waals surface area contributed by atoms with Crippen LogP contribution in [0.1, 0.15) is 47.3 Å². The number of halogens is 1. The molecule has 3 heterocycles. The number of benzene rings is 1. The van der Waals surface area contributed by atoms with Gasteiger partial charge in [0.05, 0.1) is 4.88 Å². The summed E-state index contributed by atoms with van der Waals surface area (Å²) in [4.78, 5) is 30.4. The van der Waals surface area contributed by atoms with Gasteiger partial charge in [0.25, 0.3) is 5.91 Å². The van der Waals surface area contributed by atoms with Crippen LogP contribution >= 0.6 is 11.3 Å². The summed E-state index contributed by atoms with van der Waals surface area (Å²) >= 11 is 1.33. The summed E-state index contributed by atoms with van der Waals surface area (Å²) < 4.78 is 15.0. The first-order valence-corrected chi connectivity index (χ1v) is 10.2. The molecule has 1 aromatic heterocycles. The lowest BCUT2D eigenvalue weighted by atomic mass is 10.00. The molecular weight excluding hydrogens is 351 g/mol. The number of aryl methyl sites for hydroxylation is 1. The van der Waals surface area contributed by atoms with Crippen molar-refractivity contribution in [2.45, 2.75) is 45.1 Å². The van der Waals surface area contributed by atoms with Crippen molar-refractivity contribution >= 4 is 33.2 Å². The molecule has 1 atom stereocenters. The Morgan fingerprint density at radius 2 is 1.85 bits per heavy atom. The first kappa shape index (κ1) is 17.5. The van der Waals surface area contributed by atoms with Crippen molar-refractivity contribution in [3.8, 4) is 0 Å². The van der Waals surface area contributed by atoms with E-state index in [1.165, 1.54) is 17.4 Å². The molecule has 2 amide bonds. The number of carbonyl (C=O) groups is 2. The second kappa shape index (κ2) is 6.99. The van der Waals surface area contributed by atoms with Gasteiger partial charge < -0.3 is 9.80 Å². The minimum Gasteiger partial charge on any atom is -0.341 e. The standard InChI is InChI=1S/C20H23FN2O2S/c1-13-17-14(21)7-6-9-16(17)26-18(13)20(25)23-12-3-2-8-15(23)19(24)22-10-4-5-11-22/h6-7,9,15H,2-5,8,10-12H2,1H3/t15-/m1/s1. The molecule has 1 aromatic carbocycles. The average Bonchev–Trinajstić information content (AvgIpc) is 3.30. The molecule has 4 nitrogen and oxygen atoms in total. The van der Waals surface area contributed by atoms with Gasteiger partial charge in [-0.25, -0.2) is 4.39 Å². The van der Waals surface area contributed by atoms with Gasteiger partial charge >= 0.3 is 0 Å². The molecule has 26 heavy (non-hydrogen) atoms. The van der Waals surface area contributed by atoms with Crippen LogP contribution in [0.3, 0.4) is 0 Å². The fraction of sp³-hybridized carbons (Fsp3) is 0.500. The van der Waals surface area contributed by atoms with Gasteiger partial charge in [-0.1, -0.05) is 6.07 Å². The molecule has 0 radical (unpaired) electrons. The van der Waals surface area contributed by atoms with Crippen molar-refractivity contribution < 1.29 is 14.0 Å². The van der Waals surface area contributed by atoms with Crippen molar-refractivity contribution in [1.82, 2.24) is 9.80 Å². The molecule has 2 aliphatic rings. The highest BCUT2D eigenvalue weighted by Crippen LogP contribution is 2.34. The Morgan fingerprint density at radius 3 is 2.58 bits per heavy atom. The Bertz CT molecular complexity index is 857. The van der Waals surface area contributed by atoms with Crippen molar-refractivity contribution in [3.05, 3.63) is 34.5 Å². The zero-order valence-electron chi connectivity index (χ0n) is 15.0. The number of hydrogen-bond donors (Lipinski definition) is 0. The highest BCUT2D eigenvalue weighted by atomic mass is 32.1. The molecule has 0 spiro atoms. The van der Waals surface area contributed by atoms with Crippen molar-refractivity contribution in [1.29, 1.82) is 0 Å². The van der Waals surface area contributed by atoms with Crippen LogP contribution < -0.4 is 0 Å². The number of carbonyl (C=O) groups excluding carboxylic acids is 2. The summed E-state index contributed by atoms with van der Waals surface area (Å²) in [5, 5.41) is 0.528. The quantitative estimate of drug-likeness (QED) is 0.798. The van der Waals surface area contributed by atoms with E-state index in [-0.39, 0.29) is 23.7 Å². The number of amides is 2. The van der Waals surface area contributed by atoms with Crippen molar-refractivity contribution in [2.75, 3.05) is 19.6 Å². The van der Waals surface area contributed by atoms with Crippen molar-refractivity contribution in [3.63, 3.8) is 0 Å². The summed E-state index contributed by atoms with van der Waals surface area (Å²) in [5.41, 5.74) is 0.686. The van der Waals surface area contributed by atoms with E-state index in [1.807, 2.05) is 11.0 Å². The molecule has 0 saturated carbocycles. The Morgan fingerprint density at radius 1 is 1.12 bits per heavy atom. The second-order valence-corrected chi connectivity index (χ2v) is 8.26. The third-order valence-electron chi connectivity index (χ3n) is 5.56. The van der Waals surface area contributed by atoms with Crippen LogP contribution in [0.15, 0.2) is 18.2 Å². The highest BCUT2D eigenvalue weighted by Gasteiger charge is 2.37. The Labute approximate surface area is 156 Å². The van der Waals surface area contributed by atoms with Gasteiger partial charge in [-0.2, -0.15) is 0 Å². The summed E-state index contributed by atoms with van der Waals surface area (Å²) in [6, 6.07) is 4.57. The van der Waals surface area contributed by atoms with Gasteiger partial charge in [0.15, 0.2) is 0 Å². The smallest absolute Gasteiger partial charge is 0.264 e. The zero-order chi connectivity index (χ0) is 18.3. The fourth-order valence-corrected chi connectivity index (χ4v) is 5.35. The number of piperidine rings is 1. The topological polar surface area (TPSA) is 40.6 Å². The van der Waals surface area contributed by atoms with Crippen LogP contribution in [0, 0.1) is 12.7 Å². The normalized spacial score (nSPS) is 20.8. The van der Waals surface area contributed by atoms with Gasteiger partial charge in [0.1, 0.15) is 11.9 Å². The predicted molar refractivity (Wildman–Crippen MR) is 101 cm³/mol. The number of thiophene rings is 1. The van der Waals surface area contributed by atoms with Gasteiger partial charge in [-0.3, -0.25) is 9.59 Å². The molecule has 2 aliphatic heterocycles. The average molecular weight is 374 g/mol. The molecule has 0 unspecified atom stereocenters. The Kier molecular flexibility index (Phi) is 4.69. The molecule has 0 N–H and O–H groups in total. The first-order chi connectivity index (χ1) is 12.6. The number of likely N-dealkylation sites (tertiary alicyclic amines) is 2. The lowest BCUT2D eigenvalue weighted by Crippen LogP contribution is -2.52. The van der Waals surface area contributed by atoms with Gasteiger partial charge in [-0.05, 0) is 56.7 Å². The number of fused-ring (bicyclic) bond motifs is 1. The summed E-state index contributed by atoms with van der Waals surface area (Å²) in [6.07, 6.45) is 4.68. The largest absolute Gasteiger partial charge is 0.341 e. The Balaban J connectivity index is 1.66. The Hall–Kier alpha value is -1.95. The fourth-order valence-electron chi connectivity index (χ4n) is 4.17. The van der Waals surface area contributed by atoms with E-state index in [1.54, 1.807) is 17.9 Å². The molecule has 4 rings (SSSR count). The number of rotatable bonds is 2. The van der Waals surface area contributed by atoms with E-state index in [9.17, 15) is 14.0 Å². The first-order valence-electron chi connectivity index (χ1n) is 9.35. The molecule has 0 aliphatic carbocycles. The lowest BCUT2D eigenvalue weighted by molar-refractivity contribution is -0.136. The lowest BCUT2D eigenvalue weighted by Gasteiger charge is -2.36. The van der Waals surface area contributed by atoms with Crippen LogP contribution in [0.5, 0.6) is 0 Å². The molecule has 2 fully saturated rings. The van der Waals surface area contributed by atoms with Crippen LogP contribution in [0.25, 0.3) is 10.1 Å². The van der Waals surface area contributed by atoms with Gasteiger partial charge in [0.2, 0.25) is 5.91 Å². The molecule has 138 valence electrons. The van der Waals surface area contributed by atoms with E-state index < -0.39 is 0 Å². The highest BCUT2D eigenvalue weighted by molar-refractivity contribution is 7.21. The van der Waals surface area contributed by atoms with Crippen LogP contribution in [-0.4, -0.2) is 47.3 Å². The summed E-state index contributed by atoms with van der Waals surface area (Å²) in [6.45, 7) is 3.99. The SMILES string of the molecule is Cc1c(C(=O)N2CCCC[C@@H]2C(=O)N2CCCC2)sc2cccc(F)c12. The third kappa shape index (κ3) is 2.90. The van der Waals surface area contributed by atoms with Gasteiger partial charge in [0, 0.05) is 29.7 Å². The van der Waals surface area contributed by atoms with Crippen LogP contribution in [-0.2, 0) is 4.79 Å². The summed E-state index contributed by atoms with van der Waals surface area (Å²) in [7, 11) is 0. The number of nitrogens with zero attached hydrogens (tertiary/aromatic N) is 2. The third-order valence-corrected chi connectivity index (χ3v) is 6.81. The van der Waals surface area contributed by atoms with E-state index in [4.69, 9.17) is 0 Å². The molecule has 2 saturated heterocycles. The van der Waals surface area contributed by atoms with E-state index in [0.717, 1.165) is 49.9 Å². The monoisotopic (exact) mass is 374 g/mol. The van der Waals surface area contributed by atoms with E-state index in [2.05, 4.69) is 0 Å². The zero-order valence-corrected chi connectivity index (χ0v) is 15.8. The van der Waals surface area contributed by atoms with Crippen LogP contribution in [0.2, 0.25) is 0 Å². The molecule has 0 bridgehead atoms. The maximum Gasteiger partial charge on any atom is 0.264 e. The maximum absolute atomic E-state index is 14.2. The predicted octanol–water partition coefficient (Wildman–Crippen LogP) is 3.97. The van der Waals surface area contributed by atoms with E-state index >= 15 is 0 Å². The van der Waals surface area contributed by atoms with Gasteiger partial charge in [-0.15, -0.1) is 11.3 Å². The van der Waals surface area contributed by atoms with Crippen LogP contribution in [0.4, 0.5) is 4.39 Å². The maximum atomic E-state index is 14.2. The summed E-state index contributed by atoms with van der Waals surface area (Å²) in [5.74, 6) is -0.334. The number of hydrogen-bond acceptors (Lipinski definition) is 3. The minimum atomic E-state index is -0.371.